The molecule has 0 aromatic carbocycles. The molecule has 52 valence electrons. The van der Waals surface area contributed by atoms with E-state index in [2.05, 4.69) is 6.58 Å². The summed E-state index contributed by atoms with van der Waals surface area (Å²) in [5.74, 6) is 0. The fraction of sp³-hybridized carbons (Fsp3) is 0.714. The van der Waals surface area contributed by atoms with Gasteiger partial charge in [0.15, 0.2) is 0 Å². The lowest BCUT2D eigenvalue weighted by Crippen LogP contribution is -2.21. The molecule has 2 radical (unpaired) electrons. The van der Waals surface area contributed by atoms with Gasteiger partial charge in [-0.15, -0.1) is 6.58 Å². The molecule has 0 aliphatic carbocycles. The highest BCUT2D eigenvalue weighted by molar-refractivity contribution is 6.37. The van der Waals surface area contributed by atoms with Crippen LogP contribution in [0.4, 0.5) is 0 Å². The molecule has 0 saturated carbocycles. The minimum absolute atomic E-state index is 0.0165. The Hall–Kier alpha value is -0.0831. The standard InChI is InChI=1S/C7H14OSi/c1-6(2)9-8-7(3,4)5/h1H2,2-5H3. The predicted octanol–water partition coefficient (Wildman–Crippen LogP) is 1.95. The molecular weight excluding hydrogens is 128 g/mol. The van der Waals surface area contributed by atoms with Gasteiger partial charge < -0.3 is 4.43 Å². The molecule has 0 saturated heterocycles. The van der Waals surface area contributed by atoms with Gasteiger partial charge in [0.05, 0.1) is 0 Å². The van der Waals surface area contributed by atoms with E-state index in [0.717, 1.165) is 5.20 Å². The lowest BCUT2D eigenvalue weighted by atomic mass is 10.2. The minimum atomic E-state index is -0.0165. The van der Waals surface area contributed by atoms with Gasteiger partial charge in [-0.2, -0.15) is 0 Å². The Kier molecular flexibility index (Phi) is 3.15. The molecule has 2 heteroatoms. The first-order valence-electron chi connectivity index (χ1n) is 3.01. The quantitative estimate of drug-likeness (QED) is 0.535. The van der Waals surface area contributed by atoms with Crippen LogP contribution < -0.4 is 0 Å². The molecule has 0 aliphatic heterocycles. The van der Waals surface area contributed by atoms with Crippen LogP contribution >= 0.6 is 0 Å². The van der Waals surface area contributed by atoms with Gasteiger partial charge in [0.2, 0.25) is 0 Å². The molecular formula is C7H14OSi. The Morgan fingerprint density at radius 1 is 1.44 bits per heavy atom. The average Bonchev–Trinajstić information content (AvgIpc) is 1.59. The van der Waals surface area contributed by atoms with E-state index >= 15 is 0 Å². The Labute approximate surface area is 60.1 Å². The van der Waals surface area contributed by atoms with Crippen molar-refractivity contribution in [3.63, 3.8) is 0 Å². The lowest BCUT2D eigenvalue weighted by Gasteiger charge is -2.18. The normalized spacial score (nSPS) is 11.6. The van der Waals surface area contributed by atoms with Crippen molar-refractivity contribution in [2.24, 2.45) is 0 Å². The topological polar surface area (TPSA) is 9.23 Å². The largest absolute Gasteiger partial charge is 0.407 e. The van der Waals surface area contributed by atoms with Crippen molar-refractivity contribution < 1.29 is 4.43 Å². The summed E-state index contributed by atoms with van der Waals surface area (Å²) in [4.78, 5) is 0. The van der Waals surface area contributed by atoms with Gasteiger partial charge in [-0.05, 0) is 27.7 Å². The fourth-order valence-corrected chi connectivity index (χ4v) is 0.721. The van der Waals surface area contributed by atoms with Crippen LogP contribution in [-0.4, -0.2) is 15.4 Å². The van der Waals surface area contributed by atoms with Crippen molar-refractivity contribution in [3.8, 4) is 0 Å². The van der Waals surface area contributed by atoms with Crippen molar-refractivity contribution in [3.05, 3.63) is 11.8 Å². The molecule has 0 amide bonds. The second-order valence-corrected chi connectivity index (χ2v) is 4.36. The second-order valence-electron chi connectivity index (χ2n) is 3.10. The van der Waals surface area contributed by atoms with Gasteiger partial charge >= 0.3 is 0 Å². The molecule has 0 fully saturated rings. The van der Waals surface area contributed by atoms with Crippen LogP contribution in [0.5, 0.6) is 0 Å². The molecule has 0 N–H and O–H groups in total. The lowest BCUT2D eigenvalue weighted by molar-refractivity contribution is 0.140. The third kappa shape index (κ3) is 7.92. The van der Waals surface area contributed by atoms with Gasteiger partial charge in [0.25, 0.3) is 9.76 Å². The fourth-order valence-electron chi connectivity index (χ4n) is 0.240. The smallest absolute Gasteiger partial charge is 0.264 e. The molecule has 1 nitrogen and oxygen atoms in total. The zero-order chi connectivity index (χ0) is 7.49. The molecule has 0 aliphatic rings. The van der Waals surface area contributed by atoms with E-state index in [4.69, 9.17) is 4.43 Å². The van der Waals surface area contributed by atoms with E-state index in [1.54, 1.807) is 0 Å². The number of hydrogen-bond donors (Lipinski definition) is 0. The van der Waals surface area contributed by atoms with Crippen LogP contribution in [0, 0.1) is 0 Å². The average molecular weight is 142 g/mol. The van der Waals surface area contributed by atoms with Gasteiger partial charge in [-0.25, -0.2) is 0 Å². The van der Waals surface area contributed by atoms with Gasteiger partial charge in [0.1, 0.15) is 0 Å². The minimum Gasteiger partial charge on any atom is -0.407 e. The zero-order valence-corrected chi connectivity index (χ0v) is 7.62. The van der Waals surface area contributed by atoms with Crippen LogP contribution in [0.3, 0.4) is 0 Å². The summed E-state index contributed by atoms with van der Waals surface area (Å²) >= 11 is 0. The summed E-state index contributed by atoms with van der Waals surface area (Å²) in [5.41, 5.74) is -0.0165. The molecule has 0 unspecified atom stereocenters. The second kappa shape index (κ2) is 3.18. The first-order chi connectivity index (χ1) is 3.92. The molecule has 0 spiro atoms. The number of hydrogen-bond acceptors (Lipinski definition) is 1. The summed E-state index contributed by atoms with van der Waals surface area (Å²) in [6, 6.07) is 0. The molecule has 9 heavy (non-hydrogen) atoms. The van der Waals surface area contributed by atoms with Crippen molar-refractivity contribution in [2.45, 2.75) is 33.3 Å². The summed E-state index contributed by atoms with van der Waals surface area (Å²) in [6.45, 7) is 11.9. The van der Waals surface area contributed by atoms with Crippen molar-refractivity contribution >= 4 is 9.76 Å². The molecule has 0 bridgehead atoms. The summed E-state index contributed by atoms with van der Waals surface area (Å²) in [6.07, 6.45) is 0. The molecule has 0 atom stereocenters. The van der Waals surface area contributed by atoms with E-state index < -0.39 is 0 Å². The Bertz CT molecular complexity index is 102. The number of rotatable bonds is 2. The highest BCUT2D eigenvalue weighted by atomic mass is 28.2. The SMILES string of the molecule is C=C(C)[Si]OC(C)(C)C. The first kappa shape index (κ1) is 8.92. The van der Waals surface area contributed by atoms with Crippen LogP contribution in [0.1, 0.15) is 27.7 Å². The highest BCUT2D eigenvalue weighted by Gasteiger charge is 2.09. The highest BCUT2D eigenvalue weighted by Crippen LogP contribution is 2.06. The van der Waals surface area contributed by atoms with Crippen molar-refractivity contribution in [1.29, 1.82) is 0 Å². The van der Waals surface area contributed by atoms with E-state index in [0.29, 0.717) is 9.76 Å². The number of allylic oxidation sites excluding steroid dienone is 1. The van der Waals surface area contributed by atoms with E-state index in [9.17, 15) is 0 Å². The van der Waals surface area contributed by atoms with Crippen LogP contribution in [0.2, 0.25) is 0 Å². The van der Waals surface area contributed by atoms with Crippen LogP contribution in [0.15, 0.2) is 11.8 Å². The van der Waals surface area contributed by atoms with Gasteiger partial charge in [-0.3, -0.25) is 0 Å². The molecule has 0 aromatic heterocycles. The summed E-state index contributed by atoms with van der Waals surface area (Å²) in [5, 5.41) is 1.10. The maximum Gasteiger partial charge on any atom is 0.264 e. The Morgan fingerprint density at radius 2 is 1.89 bits per heavy atom. The van der Waals surface area contributed by atoms with Crippen LogP contribution in [0.25, 0.3) is 0 Å². The van der Waals surface area contributed by atoms with Crippen molar-refractivity contribution in [2.75, 3.05) is 0 Å². The van der Waals surface area contributed by atoms with E-state index in [1.807, 2.05) is 27.7 Å². The third-order valence-corrected chi connectivity index (χ3v) is 1.59. The molecule has 0 rings (SSSR count). The van der Waals surface area contributed by atoms with Gasteiger partial charge in [-0.1, -0.05) is 5.20 Å². The maximum absolute atomic E-state index is 5.42. The predicted molar refractivity (Wildman–Crippen MR) is 41.4 cm³/mol. The Morgan fingerprint density at radius 3 is 2.00 bits per heavy atom. The third-order valence-electron chi connectivity index (χ3n) is 0.531. The maximum atomic E-state index is 5.42. The van der Waals surface area contributed by atoms with Crippen molar-refractivity contribution in [1.82, 2.24) is 0 Å². The Balaban J connectivity index is 3.39. The molecule has 0 aromatic rings. The van der Waals surface area contributed by atoms with E-state index in [1.165, 1.54) is 0 Å². The van der Waals surface area contributed by atoms with E-state index in [-0.39, 0.29) is 5.60 Å². The zero-order valence-electron chi connectivity index (χ0n) is 6.62. The van der Waals surface area contributed by atoms with Gasteiger partial charge in [0, 0.05) is 5.60 Å². The molecule has 0 heterocycles. The summed E-state index contributed by atoms with van der Waals surface area (Å²) in [7, 11) is 0.446. The monoisotopic (exact) mass is 142 g/mol. The summed E-state index contributed by atoms with van der Waals surface area (Å²) < 4.78 is 5.42. The first-order valence-corrected chi connectivity index (χ1v) is 3.92. The van der Waals surface area contributed by atoms with Crippen LogP contribution in [-0.2, 0) is 4.43 Å².